The number of amides is 3. The highest BCUT2D eigenvalue weighted by molar-refractivity contribution is 6.39. The van der Waals surface area contributed by atoms with Crippen LogP contribution in [0.1, 0.15) is 47.4 Å². The van der Waals surface area contributed by atoms with Gasteiger partial charge < -0.3 is 9.80 Å². The van der Waals surface area contributed by atoms with Gasteiger partial charge in [0.2, 0.25) is 5.91 Å². The summed E-state index contributed by atoms with van der Waals surface area (Å²) >= 11 is 0. The Morgan fingerprint density at radius 1 is 1.18 bits per heavy atom. The average Bonchev–Trinajstić information content (AvgIpc) is 3.20. The lowest BCUT2D eigenvalue weighted by molar-refractivity contribution is -0.126. The number of carbonyl (C=O) groups is 3. The van der Waals surface area contributed by atoms with Gasteiger partial charge in [-0.1, -0.05) is 30.3 Å². The third-order valence-corrected chi connectivity index (χ3v) is 6.85. The number of benzene rings is 1. The molecule has 1 saturated heterocycles. The topological polar surface area (TPSA) is 99.9 Å². The molecule has 9 heteroatoms. The predicted molar refractivity (Wildman–Crippen MR) is 128 cm³/mol. The smallest absolute Gasteiger partial charge is 0.272 e. The van der Waals surface area contributed by atoms with Crippen LogP contribution in [0.15, 0.2) is 41.5 Å². The molecular weight excluding hydrogens is 432 g/mol. The van der Waals surface area contributed by atoms with E-state index in [1.807, 2.05) is 48.0 Å². The molecule has 9 nitrogen and oxygen atoms in total. The van der Waals surface area contributed by atoms with E-state index in [0.717, 1.165) is 25.0 Å². The second-order valence-corrected chi connectivity index (χ2v) is 9.19. The summed E-state index contributed by atoms with van der Waals surface area (Å²) in [5.74, 6) is -0.0569. The minimum atomic E-state index is -0.157. The Bertz CT molecular complexity index is 1090. The maximum atomic E-state index is 13.4. The zero-order chi connectivity index (χ0) is 24.2. The summed E-state index contributed by atoms with van der Waals surface area (Å²) in [5.41, 5.74) is 5.38. The molecule has 1 aromatic carbocycles. The molecule has 0 aliphatic carbocycles. The van der Waals surface area contributed by atoms with Gasteiger partial charge in [0.05, 0.1) is 5.69 Å². The predicted octanol–water partition coefficient (Wildman–Crippen LogP) is 1.92. The fourth-order valence-corrected chi connectivity index (χ4v) is 4.92. The van der Waals surface area contributed by atoms with Crippen molar-refractivity contribution in [2.45, 2.75) is 45.1 Å². The fourth-order valence-electron chi connectivity index (χ4n) is 4.92. The molecule has 1 fully saturated rings. The Hall–Kier alpha value is -3.49. The Morgan fingerprint density at radius 3 is 2.47 bits per heavy atom. The van der Waals surface area contributed by atoms with Gasteiger partial charge in [-0.05, 0) is 43.7 Å². The number of rotatable bonds is 6. The minimum absolute atomic E-state index is 0.00586. The van der Waals surface area contributed by atoms with Crippen molar-refractivity contribution in [1.82, 2.24) is 25.0 Å². The van der Waals surface area contributed by atoms with Crippen molar-refractivity contribution in [3.8, 4) is 0 Å². The lowest BCUT2D eigenvalue weighted by Gasteiger charge is -2.40. The Labute approximate surface area is 199 Å². The van der Waals surface area contributed by atoms with Crippen molar-refractivity contribution < 1.29 is 14.4 Å². The molecule has 1 N–H and O–H groups in total. The maximum Gasteiger partial charge on any atom is 0.272 e. The summed E-state index contributed by atoms with van der Waals surface area (Å²) in [6.45, 7) is 3.09. The largest absolute Gasteiger partial charge is 0.338 e. The van der Waals surface area contributed by atoms with E-state index < -0.39 is 0 Å². The van der Waals surface area contributed by atoms with Crippen molar-refractivity contribution in [3.05, 3.63) is 53.3 Å². The summed E-state index contributed by atoms with van der Waals surface area (Å²) in [5, 5.41) is 8.29. The van der Waals surface area contributed by atoms with Gasteiger partial charge in [0.15, 0.2) is 0 Å². The molecule has 4 rings (SSSR count). The van der Waals surface area contributed by atoms with E-state index in [4.69, 9.17) is 0 Å². The standard InChI is InChI=1S/C25H32N6O3/c1-17-15-22(30(3)28-17)25(34)29(2)21(16-18-7-5-4-6-8-18)19-11-13-31(14-12-19)24(33)20-9-10-23(32)27-26-20/h4-8,15,19,21H,9-14,16H2,1-3H3,(H,27,32). The number of likely N-dealkylation sites (tertiary alicyclic amines) is 1. The number of carbonyl (C=O) groups excluding carboxylic acids is 3. The van der Waals surface area contributed by atoms with Crippen LogP contribution in [0.4, 0.5) is 0 Å². The van der Waals surface area contributed by atoms with E-state index in [0.29, 0.717) is 37.3 Å². The molecule has 2 aromatic rings. The van der Waals surface area contributed by atoms with E-state index >= 15 is 0 Å². The zero-order valence-corrected chi connectivity index (χ0v) is 20.0. The van der Waals surface area contributed by atoms with Crippen LogP contribution in [0.3, 0.4) is 0 Å². The van der Waals surface area contributed by atoms with Crippen LogP contribution in [0.5, 0.6) is 0 Å². The van der Waals surface area contributed by atoms with Crippen molar-refractivity contribution in [1.29, 1.82) is 0 Å². The molecule has 3 amide bonds. The van der Waals surface area contributed by atoms with Crippen LogP contribution in [0.25, 0.3) is 0 Å². The lowest BCUT2D eigenvalue weighted by atomic mass is 9.84. The van der Waals surface area contributed by atoms with Crippen molar-refractivity contribution >= 4 is 23.4 Å². The van der Waals surface area contributed by atoms with Crippen LogP contribution in [0.2, 0.25) is 0 Å². The number of aryl methyl sites for hydroxylation is 2. The summed E-state index contributed by atoms with van der Waals surface area (Å²) in [4.78, 5) is 41.3. The molecule has 0 radical (unpaired) electrons. The number of nitrogens with zero attached hydrogens (tertiary/aromatic N) is 5. The molecule has 0 saturated carbocycles. The average molecular weight is 465 g/mol. The highest BCUT2D eigenvalue weighted by atomic mass is 16.2. The molecular formula is C25H32N6O3. The molecule has 2 aliphatic heterocycles. The Morgan fingerprint density at radius 2 is 1.88 bits per heavy atom. The van der Waals surface area contributed by atoms with Gasteiger partial charge in [0.25, 0.3) is 11.8 Å². The van der Waals surface area contributed by atoms with E-state index in [1.165, 1.54) is 5.56 Å². The molecule has 0 spiro atoms. The minimum Gasteiger partial charge on any atom is -0.338 e. The number of piperidine rings is 1. The molecule has 180 valence electrons. The number of aromatic nitrogens is 2. The van der Waals surface area contributed by atoms with E-state index in [1.54, 1.807) is 11.7 Å². The van der Waals surface area contributed by atoms with Gasteiger partial charge in [-0.3, -0.25) is 19.1 Å². The first-order chi connectivity index (χ1) is 16.3. The number of likely N-dealkylation sites (N-methyl/N-ethyl adjacent to an activating group) is 1. The highest BCUT2D eigenvalue weighted by Crippen LogP contribution is 2.28. The van der Waals surface area contributed by atoms with Crippen molar-refractivity contribution in [2.75, 3.05) is 20.1 Å². The third kappa shape index (κ3) is 5.18. The summed E-state index contributed by atoms with van der Waals surface area (Å²) in [6, 6.07) is 12.0. The van der Waals surface area contributed by atoms with Crippen LogP contribution in [-0.2, 0) is 23.1 Å². The number of hydrazone groups is 1. The summed E-state index contributed by atoms with van der Waals surface area (Å²) < 4.78 is 1.64. The van der Waals surface area contributed by atoms with Crippen LogP contribution in [0, 0.1) is 12.8 Å². The summed E-state index contributed by atoms with van der Waals surface area (Å²) in [6.07, 6.45) is 3.01. The van der Waals surface area contributed by atoms with Gasteiger partial charge in [-0.2, -0.15) is 10.2 Å². The third-order valence-electron chi connectivity index (χ3n) is 6.85. The summed E-state index contributed by atoms with van der Waals surface area (Å²) in [7, 11) is 3.66. The zero-order valence-electron chi connectivity index (χ0n) is 20.0. The van der Waals surface area contributed by atoms with E-state index in [2.05, 4.69) is 27.8 Å². The normalized spacial score (nSPS) is 17.7. The van der Waals surface area contributed by atoms with Crippen molar-refractivity contribution in [2.24, 2.45) is 18.1 Å². The number of nitrogens with one attached hydrogen (secondary N) is 1. The lowest BCUT2D eigenvalue weighted by Crippen LogP contribution is -2.50. The second-order valence-electron chi connectivity index (χ2n) is 9.19. The highest BCUT2D eigenvalue weighted by Gasteiger charge is 2.35. The van der Waals surface area contributed by atoms with Crippen LogP contribution in [-0.4, -0.2) is 69.2 Å². The molecule has 0 bridgehead atoms. The fraction of sp³-hybridized carbons (Fsp3) is 0.480. The van der Waals surface area contributed by atoms with Crippen molar-refractivity contribution in [3.63, 3.8) is 0 Å². The Balaban J connectivity index is 1.48. The van der Waals surface area contributed by atoms with Gasteiger partial charge in [-0.15, -0.1) is 0 Å². The van der Waals surface area contributed by atoms with Gasteiger partial charge >= 0.3 is 0 Å². The molecule has 2 aliphatic rings. The monoisotopic (exact) mass is 464 g/mol. The van der Waals surface area contributed by atoms with Crippen LogP contribution >= 0.6 is 0 Å². The van der Waals surface area contributed by atoms with Crippen LogP contribution < -0.4 is 5.43 Å². The molecule has 34 heavy (non-hydrogen) atoms. The number of hydrogen-bond acceptors (Lipinski definition) is 5. The van der Waals surface area contributed by atoms with E-state index in [9.17, 15) is 14.4 Å². The van der Waals surface area contributed by atoms with Gasteiger partial charge in [0, 0.05) is 46.1 Å². The molecule has 1 atom stereocenters. The second kappa shape index (κ2) is 10.2. The molecule has 1 unspecified atom stereocenters. The van der Waals surface area contributed by atoms with E-state index in [-0.39, 0.29) is 29.7 Å². The Kier molecular flexibility index (Phi) is 7.09. The molecule has 1 aromatic heterocycles. The first kappa shape index (κ1) is 23.7. The van der Waals surface area contributed by atoms with Gasteiger partial charge in [0.1, 0.15) is 11.4 Å². The first-order valence-electron chi connectivity index (χ1n) is 11.8. The SMILES string of the molecule is Cc1cc(C(=O)N(C)C(Cc2ccccc2)C2CCN(C(=O)C3=NNC(=O)CC3)CC2)n(C)n1. The van der Waals surface area contributed by atoms with Gasteiger partial charge in [-0.25, -0.2) is 5.43 Å². The quantitative estimate of drug-likeness (QED) is 0.706. The first-order valence-corrected chi connectivity index (χ1v) is 11.8. The molecule has 3 heterocycles. The maximum absolute atomic E-state index is 13.4. The number of hydrogen-bond donors (Lipinski definition) is 1.